The third kappa shape index (κ3) is 4.07. The summed E-state index contributed by atoms with van der Waals surface area (Å²) >= 11 is 3.23. The van der Waals surface area contributed by atoms with Gasteiger partial charge in [0.1, 0.15) is 4.60 Å². The summed E-state index contributed by atoms with van der Waals surface area (Å²) in [5.41, 5.74) is 0.569. The molecule has 98 valence electrons. The lowest BCUT2D eigenvalue weighted by atomic mass is 10.3. The maximum absolute atomic E-state index is 11.7. The Kier molecular flexibility index (Phi) is 5.13. The van der Waals surface area contributed by atoms with E-state index in [0.29, 0.717) is 24.8 Å². The number of pyridine rings is 1. The van der Waals surface area contributed by atoms with Crippen LogP contribution < -0.4 is 5.32 Å². The molecular weight excluding hydrogens is 296 g/mol. The van der Waals surface area contributed by atoms with Gasteiger partial charge in [-0.2, -0.15) is 0 Å². The lowest BCUT2D eigenvalue weighted by Gasteiger charge is -2.11. The van der Waals surface area contributed by atoms with Gasteiger partial charge in [0.05, 0.1) is 18.3 Å². The van der Waals surface area contributed by atoms with E-state index in [0.717, 1.165) is 17.4 Å². The first-order chi connectivity index (χ1) is 8.75. The van der Waals surface area contributed by atoms with Gasteiger partial charge in [-0.3, -0.25) is 4.79 Å². The largest absolute Gasteiger partial charge is 0.376 e. The molecule has 1 aromatic heterocycles. The molecule has 0 aliphatic heterocycles. The van der Waals surface area contributed by atoms with E-state index in [4.69, 9.17) is 4.74 Å². The molecule has 1 heterocycles. The fraction of sp³-hybridized carbons (Fsp3) is 0.538. The monoisotopic (exact) mass is 312 g/mol. The average molecular weight is 313 g/mol. The quantitative estimate of drug-likeness (QED) is 0.671. The lowest BCUT2D eigenvalue weighted by molar-refractivity contribution is 0.0582. The molecule has 5 heteroatoms. The highest BCUT2D eigenvalue weighted by molar-refractivity contribution is 9.10. The van der Waals surface area contributed by atoms with E-state index >= 15 is 0 Å². The predicted molar refractivity (Wildman–Crippen MR) is 72.5 cm³/mol. The Hall–Kier alpha value is -0.940. The number of amides is 1. The second kappa shape index (κ2) is 6.85. The number of ether oxygens (including phenoxy) is 1. The van der Waals surface area contributed by atoms with Crippen molar-refractivity contribution in [1.82, 2.24) is 10.3 Å². The average Bonchev–Trinajstić information content (AvgIpc) is 2.88. The van der Waals surface area contributed by atoms with Gasteiger partial charge in [-0.25, -0.2) is 4.98 Å². The second-order valence-corrected chi connectivity index (χ2v) is 5.22. The highest BCUT2D eigenvalue weighted by Gasteiger charge is 2.14. The van der Waals surface area contributed by atoms with E-state index in [1.807, 2.05) is 0 Å². The number of carbonyl (C=O) groups is 1. The number of nitrogens with zero attached hydrogens (tertiary/aromatic N) is 1. The summed E-state index contributed by atoms with van der Waals surface area (Å²) in [6, 6.07) is 3.49. The molecule has 0 radical (unpaired) electrons. The van der Waals surface area contributed by atoms with Crippen molar-refractivity contribution in [2.24, 2.45) is 0 Å². The van der Waals surface area contributed by atoms with E-state index in [1.54, 1.807) is 18.3 Å². The van der Waals surface area contributed by atoms with Crippen LogP contribution in [0, 0.1) is 0 Å². The van der Waals surface area contributed by atoms with Crippen molar-refractivity contribution in [1.29, 1.82) is 0 Å². The summed E-state index contributed by atoms with van der Waals surface area (Å²) in [4.78, 5) is 15.7. The Morgan fingerprint density at radius 3 is 2.89 bits per heavy atom. The maximum Gasteiger partial charge on any atom is 0.252 e. The Bertz CT molecular complexity index is 388. The van der Waals surface area contributed by atoms with Crippen LogP contribution in [-0.4, -0.2) is 30.1 Å². The fourth-order valence-corrected chi connectivity index (χ4v) is 2.29. The zero-order valence-electron chi connectivity index (χ0n) is 10.2. The van der Waals surface area contributed by atoms with Crippen LogP contribution in [0.2, 0.25) is 0 Å². The van der Waals surface area contributed by atoms with Crippen LogP contribution >= 0.6 is 15.9 Å². The van der Waals surface area contributed by atoms with Crippen molar-refractivity contribution in [2.45, 2.75) is 31.8 Å². The molecular formula is C13H17BrN2O2. The molecule has 0 spiro atoms. The number of carbonyl (C=O) groups excluding carboxylic acids is 1. The van der Waals surface area contributed by atoms with Crippen LogP contribution in [0.1, 0.15) is 36.0 Å². The molecule has 0 bridgehead atoms. The molecule has 1 N–H and O–H groups in total. The lowest BCUT2D eigenvalue weighted by Crippen LogP contribution is -2.28. The molecule has 1 aliphatic carbocycles. The van der Waals surface area contributed by atoms with Gasteiger partial charge < -0.3 is 10.1 Å². The molecule has 2 rings (SSSR count). The first-order valence-corrected chi connectivity index (χ1v) is 7.06. The number of hydrogen-bond donors (Lipinski definition) is 1. The van der Waals surface area contributed by atoms with Crippen LogP contribution in [0.5, 0.6) is 0 Å². The summed E-state index contributed by atoms with van der Waals surface area (Å²) in [7, 11) is 0. The molecule has 0 aromatic carbocycles. The molecule has 1 saturated carbocycles. The highest BCUT2D eigenvalue weighted by Crippen LogP contribution is 2.20. The summed E-state index contributed by atoms with van der Waals surface area (Å²) in [6.07, 6.45) is 6.80. The Labute approximate surface area is 115 Å². The van der Waals surface area contributed by atoms with Gasteiger partial charge in [-0.05, 0) is 40.9 Å². The highest BCUT2D eigenvalue weighted by atomic mass is 79.9. The summed E-state index contributed by atoms with van der Waals surface area (Å²) in [5.74, 6) is -0.106. The van der Waals surface area contributed by atoms with E-state index < -0.39 is 0 Å². The first kappa shape index (κ1) is 13.5. The number of nitrogens with one attached hydrogen (secondary N) is 1. The summed E-state index contributed by atoms with van der Waals surface area (Å²) in [5, 5.41) is 2.82. The SMILES string of the molecule is O=C(NCCOC1CCCC1)c1ccc(Br)nc1. The van der Waals surface area contributed by atoms with Gasteiger partial charge in [-0.15, -0.1) is 0 Å². The van der Waals surface area contributed by atoms with Crippen molar-refractivity contribution in [2.75, 3.05) is 13.2 Å². The van der Waals surface area contributed by atoms with Crippen molar-refractivity contribution in [3.05, 3.63) is 28.5 Å². The Morgan fingerprint density at radius 2 is 2.22 bits per heavy atom. The Morgan fingerprint density at radius 1 is 1.44 bits per heavy atom. The molecule has 4 nitrogen and oxygen atoms in total. The molecule has 0 saturated heterocycles. The van der Waals surface area contributed by atoms with Crippen molar-refractivity contribution in [3.63, 3.8) is 0 Å². The summed E-state index contributed by atoms with van der Waals surface area (Å²) < 4.78 is 6.40. The number of aromatic nitrogens is 1. The molecule has 18 heavy (non-hydrogen) atoms. The van der Waals surface area contributed by atoms with Crippen molar-refractivity contribution in [3.8, 4) is 0 Å². The summed E-state index contributed by atoms with van der Waals surface area (Å²) in [6.45, 7) is 1.13. The van der Waals surface area contributed by atoms with Gasteiger partial charge in [0.2, 0.25) is 0 Å². The maximum atomic E-state index is 11.7. The molecule has 1 fully saturated rings. The minimum atomic E-state index is -0.106. The molecule has 1 aliphatic rings. The topological polar surface area (TPSA) is 51.2 Å². The number of hydrogen-bond acceptors (Lipinski definition) is 3. The van der Waals surface area contributed by atoms with E-state index in [-0.39, 0.29) is 5.91 Å². The van der Waals surface area contributed by atoms with Crippen molar-refractivity contribution >= 4 is 21.8 Å². The third-order valence-corrected chi connectivity index (χ3v) is 3.50. The first-order valence-electron chi connectivity index (χ1n) is 6.27. The Balaban J connectivity index is 1.66. The van der Waals surface area contributed by atoms with E-state index in [2.05, 4.69) is 26.2 Å². The molecule has 0 atom stereocenters. The zero-order chi connectivity index (χ0) is 12.8. The molecule has 0 unspecified atom stereocenters. The van der Waals surface area contributed by atoms with Crippen LogP contribution in [0.15, 0.2) is 22.9 Å². The minimum Gasteiger partial charge on any atom is -0.376 e. The van der Waals surface area contributed by atoms with Crippen LogP contribution in [0.3, 0.4) is 0 Å². The standard InChI is InChI=1S/C13H17BrN2O2/c14-12-6-5-10(9-16-12)13(17)15-7-8-18-11-3-1-2-4-11/h5-6,9,11H,1-4,7-8H2,(H,15,17). The van der Waals surface area contributed by atoms with Gasteiger partial charge in [0, 0.05) is 12.7 Å². The van der Waals surface area contributed by atoms with E-state index in [9.17, 15) is 4.79 Å². The smallest absolute Gasteiger partial charge is 0.252 e. The van der Waals surface area contributed by atoms with Gasteiger partial charge in [-0.1, -0.05) is 12.8 Å². The van der Waals surface area contributed by atoms with Gasteiger partial charge in [0.15, 0.2) is 0 Å². The van der Waals surface area contributed by atoms with Gasteiger partial charge in [0.25, 0.3) is 5.91 Å². The normalized spacial score (nSPS) is 15.8. The van der Waals surface area contributed by atoms with Gasteiger partial charge >= 0.3 is 0 Å². The predicted octanol–water partition coefficient (Wildman–Crippen LogP) is 2.53. The number of rotatable bonds is 5. The molecule has 1 aromatic rings. The van der Waals surface area contributed by atoms with Crippen LogP contribution in [-0.2, 0) is 4.74 Å². The van der Waals surface area contributed by atoms with Crippen molar-refractivity contribution < 1.29 is 9.53 Å². The fourth-order valence-electron chi connectivity index (χ4n) is 2.06. The second-order valence-electron chi connectivity index (χ2n) is 4.40. The number of halogens is 1. The van der Waals surface area contributed by atoms with Crippen LogP contribution in [0.25, 0.3) is 0 Å². The third-order valence-electron chi connectivity index (χ3n) is 3.03. The van der Waals surface area contributed by atoms with Crippen LogP contribution in [0.4, 0.5) is 0 Å². The minimum absolute atomic E-state index is 0.106. The molecule has 1 amide bonds. The zero-order valence-corrected chi connectivity index (χ0v) is 11.8. The van der Waals surface area contributed by atoms with E-state index in [1.165, 1.54) is 12.8 Å².